The van der Waals surface area contributed by atoms with E-state index in [2.05, 4.69) is 10.8 Å². The van der Waals surface area contributed by atoms with Gasteiger partial charge in [-0.2, -0.15) is 5.26 Å². The normalized spacial score (nSPS) is 41.5. The zero-order valence-electron chi connectivity index (χ0n) is 12.1. The van der Waals surface area contributed by atoms with Crippen LogP contribution >= 0.6 is 11.6 Å². The molecule has 21 heavy (non-hydrogen) atoms. The molecule has 2 nitrogen and oxygen atoms in total. The van der Waals surface area contributed by atoms with Gasteiger partial charge in [0.1, 0.15) is 0 Å². The highest BCUT2D eigenvalue weighted by atomic mass is 35.5. The van der Waals surface area contributed by atoms with Gasteiger partial charge in [0.2, 0.25) is 0 Å². The molecule has 120 valence electrons. The van der Waals surface area contributed by atoms with Crippen LogP contribution in [0.2, 0.25) is 0 Å². The molecular weight excluding hydrogens is 303 g/mol. The van der Waals surface area contributed by atoms with Crippen LogP contribution in [0.3, 0.4) is 0 Å². The first-order valence-electron chi connectivity index (χ1n) is 7.58. The Morgan fingerprint density at radius 3 is 2.38 bits per heavy atom. The van der Waals surface area contributed by atoms with E-state index in [1.54, 1.807) is 0 Å². The molecule has 0 radical (unpaired) electrons. The molecule has 0 bridgehead atoms. The van der Waals surface area contributed by atoms with Crippen molar-refractivity contribution >= 4 is 11.6 Å². The summed E-state index contributed by atoms with van der Waals surface area (Å²) < 4.78 is 41.2. The van der Waals surface area contributed by atoms with E-state index in [0.29, 0.717) is 24.7 Å². The molecule has 0 aromatic heterocycles. The van der Waals surface area contributed by atoms with Crippen LogP contribution in [-0.2, 0) is 4.74 Å². The predicted octanol–water partition coefficient (Wildman–Crippen LogP) is 4.87. The fourth-order valence-electron chi connectivity index (χ4n) is 3.93. The molecule has 2 saturated carbocycles. The minimum atomic E-state index is -4.55. The van der Waals surface area contributed by atoms with Crippen molar-refractivity contribution in [1.82, 2.24) is 0 Å². The van der Waals surface area contributed by atoms with Crippen molar-refractivity contribution in [3.8, 4) is 6.07 Å². The van der Waals surface area contributed by atoms with Crippen LogP contribution in [0.4, 0.5) is 13.2 Å². The summed E-state index contributed by atoms with van der Waals surface area (Å²) in [4.78, 5) is 0. The van der Waals surface area contributed by atoms with Crippen molar-refractivity contribution in [2.75, 3.05) is 0 Å². The molecular formula is C15H21ClF3NO. The van der Waals surface area contributed by atoms with E-state index >= 15 is 0 Å². The van der Waals surface area contributed by atoms with E-state index in [4.69, 9.17) is 16.9 Å². The maximum absolute atomic E-state index is 12.3. The highest BCUT2D eigenvalue weighted by molar-refractivity contribution is 6.20. The number of alkyl halides is 4. The minimum absolute atomic E-state index is 0.0271. The Morgan fingerprint density at radius 1 is 1.14 bits per heavy atom. The molecule has 0 amide bonds. The second kappa shape index (κ2) is 6.75. The van der Waals surface area contributed by atoms with Crippen LogP contribution < -0.4 is 0 Å². The van der Waals surface area contributed by atoms with Gasteiger partial charge in [-0.05, 0) is 56.3 Å². The van der Waals surface area contributed by atoms with Gasteiger partial charge in [0.05, 0.1) is 12.2 Å². The Morgan fingerprint density at radius 2 is 1.86 bits per heavy atom. The summed E-state index contributed by atoms with van der Waals surface area (Å²) in [5, 5.41) is 8.93. The lowest BCUT2D eigenvalue weighted by Gasteiger charge is -2.41. The van der Waals surface area contributed by atoms with Gasteiger partial charge >= 0.3 is 6.36 Å². The Kier molecular flexibility index (Phi) is 5.43. The minimum Gasteiger partial charge on any atom is -0.288 e. The maximum Gasteiger partial charge on any atom is 0.522 e. The quantitative estimate of drug-likeness (QED) is 0.679. The molecule has 6 atom stereocenters. The van der Waals surface area contributed by atoms with Crippen molar-refractivity contribution in [3.05, 3.63) is 0 Å². The van der Waals surface area contributed by atoms with E-state index in [9.17, 15) is 13.2 Å². The highest BCUT2D eigenvalue weighted by Gasteiger charge is 2.42. The van der Waals surface area contributed by atoms with Crippen LogP contribution in [0.15, 0.2) is 0 Å². The third-order valence-electron chi connectivity index (χ3n) is 5.03. The summed E-state index contributed by atoms with van der Waals surface area (Å²) in [6.07, 6.45) is -0.908. The van der Waals surface area contributed by atoms with E-state index in [1.165, 1.54) is 0 Å². The number of hydrogen-bond acceptors (Lipinski definition) is 2. The number of hydrogen-bond donors (Lipinski definition) is 0. The molecule has 0 N–H and O–H groups in total. The second-order valence-electron chi connectivity index (χ2n) is 6.47. The summed E-state index contributed by atoms with van der Waals surface area (Å²) in [6, 6.07) is 2.27. The van der Waals surface area contributed by atoms with Gasteiger partial charge in [0.15, 0.2) is 0 Å². The van der Waals surface area contributed by atoms with Crippen LogP contribution in [0.25, 0.3) is 0 Å². The Bertz CT molecular complexity index is 395. The van der Waals surface area contributed by atoms with E-state index in [0.717, 1.165) is 25.7 Å². The number of rotatable bonds is 2. The van der Waals surface area contributed by atoms with Crippen LogP contribution in [-0.4, -0.2) is 17.8 Å². The smallest absolute Gasteiger partial charge is 0.288 e. The second-order valence-corrected chi connectivity index (χ2v) is 7.03. The third-order valence-corrected chi connectivity index (χ3v) is 5.53. The number of nitriles is 1. The molecule has 6 heteroatoms. The molecule has 0 aliphatic heterocycles. The van der Waals surface area contributed by atoms with E-state index < -0.39 is 12.5 Å². The van der Waals surface area contributed by atoms with Gasteiger partial charge in [0.25, 0.3) is 0 Å². The first-order valence-corrected chi connectivity index (χ1v) is 8.02. The summed E-state index contributed by atoms with van der Waals surface area (Å²) in [7, 11) is 0. The fourth-order valence-corrected chi connectivity index (χ4v) is 4.48. The van der Waals surface area contributed by atoms with E-state index in [-0.39, 0.29) is 17.2 Å². The maximum atomic E-state index is 12.3. The molecule has 0 spiro atoms. The molecule has 0 aromatic rings. The summed E-state index contributed by atoms with van der Waals surface area (Å²) >= 11 is 6.42. The van der Waals surface area contributed by atoms with Crippen molar-refractivity contribution in [1.29, 1.82) is 5.26 Å². The molecule has 2 rings (SSSR count). The Hall–Kier alpha value is -0.470. The lowest BCUT2D eigenvalue weighted by atomic mass is 9.68. The molecule has 0 saturated heterocycles. The first kappa shape index (κ1) is 16.9. The van der Waals surface area contributed by atoms with Crippen LogP contribution in [0.5, 0.6) is 0 Å². The third kappa shape index (κ3) is 4.50. The zero-order valence-corrected chi connectivity index (χ0v) is 12.8. The Labute approximate surface area is 128 Å². The van der Waals surface area contributed by atoms with Gasteiger partial charge in [-0.1, -0.05) is 6.92 Å². The standard InChI is InChI=1S/C15H21ClF3NO/c1-9-6-11(3-5-14(9)21-15(17,18)19)12-4-2-10(8-20)7-13(12)16/h9-14H,2-7H2,1H3. The summed E-state index contributed by atoms with van der Waals surface area (Å²) in [5.74, 6) is 0.606. The Balaban J connectivity index is 1.89. The number of nitrogens with zero attached hydrogens (tertiary/aromatic N) is 1. The molecule has 2 fully saturated rings. The average molecular weight is 324 g/mol. The zero-order chi connectivity index (χ0) is 15.6. The molecule has 2 aliphatic rings. The molecule has 2 aliphatic carbocycles. The lowest BCUT2D eigenvalue weighted by molar-refractivity contribution is -0.351. The largest absolute Gasteiger partial charge is 0.522 e. The van der Waals surface area contributed by atoms with Crippen LogP contribution in [0, 0.1) is 35.0 Å². The average Bonchev–Trinajstić information content (AvgIpc) is 2.39. The lowest BCUT2D eigenvalue weighted by Crippen LogP contribution is -2.39. The highest BCUT2D eigenvalue weighted by Crippen LogP contribution is 2.44. The number of halogens is 4. The first-order chi connectivity index (χ1) is 9.80. The van der Waals surface area contributed by atoms with Crippen molar-refractivity contribution in [2.45, 2.75) is 63.3 Å². The topological polar surface area (TPSA) is 33.0 Å². The van der Waals surface area contributed by atoms with Crippen molar-refractivity contribution in [2.24, 2.45) is 23.7 Å². The monoisotopic (exact) mass is 323 g/mol. The summed E-state index contributed by atoms with van der Waals surface area (Å²) in [6.45, 7) is 1.83. The van der Waals surface area contributed by atoms with Crippen molar-refractivity contribution in [3.63, 3.8) is 0 Å². The predicted molar refractivity (Wildman–Crippen MR) is 73.5 cm³/mol. The SMILES string of the molecule is CC1CC(C2CCC(C#N)CC2Cl)CCC1OC(F)(F)F. The van der Waals surface area contributed by atoms with Crippen LogP contribution in [0.1, 0.15) is 45.4 Å². The van der Waals surface area contributed by atoms with Gasteiger partial charge in [-0.3, -0.25) is 4.74 Å². The van der Waals surface area contributed by atoms with Gasteiger partial charge < -0.3 is 0 Å². The summed E-state index contributed by atoms with van der Waals surface area (Å²) in [5.41, 5.74) is 0. The van der Waals surface area contributed by atoms with Gasteiger partial charge in [0, 0.05) is 11.3 Å². The molecule has 6 unspecified atom stereocenters. The van der Waals surface area contributed by atoms with E-state index in [1.807, 2.05) is 6.92 Å². The van der Waals surface area contributed by atoms with Crippen molar-refractivity contribution < 1.29 is 17.9 Å². The number of ether oxygens (including phenoxy) is 1. The molecule has 0 heterocycles. The molecule has 0 aromatic carbocycles. The van der Waals surface area contributed by atoms with Gasteiger partial charge in [-0.15, -0.1) is 24.8 Å². The van der Waals surface area contributed by atoms with Gasteiger partial charge in [-0.25, -0.2) is 0 Å². The fraction of sp³-hybridized carbons (Fsp3) is 0.933.